The van der Waals surface area contributed by atoms with Crippen LogP contribution in [0.4, 0.5) is 0 Å². The second-order valence-corrected chi connectivity index (χ2v) is 4.97. The number of rotatable bonds is 2. The molecule has 86 valence electrons. The molecule has 0 radical (unpaired) electrons. The van der Waals surface area contributed by atoms with E-state index in [4.69, 9.17) is 4.74 Å². The number of hydrogen-bond donors (Lipinski definition) is 0. The molecule has 0 N–H and O–H groups in total. The first-order valence-corrected chi connectivity index (χ1v) is 5.94. The topological polar surface area (TPSA) is 29.5 Å². The molecule has 0 bridgehead atoms. The summed E-state index contributed by atoms with van der Waals surface area (Å²) in [4.78, 5) is 14.0. The van der Waals surface area contributed by atoms with Crippen LogP contribution in [0, 0.1) is 5.92 Å². The van der Waals surface area contributed by atoms with Gasteiger partial charge >= 0.3 is 0 Å². The Morgan fingerprint density at radius 2 is 2.00 bits per heavy atom. The van der Waals surface area contributed by atoms with Gasteiger partial charge in [0.25, 0.3) is 0 Å². The summed E-state index contributed by atoms with van der Waals surface area (Å²) in [5, 5.41) is 0. The molecule has 3 nitrogen and oxygen atoms in total. The Hall–Kier alpha value is -0.410. The third kappa shape index (κ3) is 1.95. The molecule has 0 amide bonds. The van der Waals surface area contributed by atoms with E-state index in [-0.39, 0.29) is 5.92 Å². The predicted octanol–water partition coefficient (Wildman–Crippen LogP) is 1.46. The number of methoxy groups -OCH3 is 1. The maximum absolute atomic E-state index is 11.5. The maximum Gasteiger partial charge on any atom is 0.138 e. The number of carbonyl (C=O) groups excluding carboxylic acids is 1. The molecule has 0 spiro atoms. The lowest BCUT2D eigenvalue weighted by molar-refractivity contribution is -0.131. The number of hydrogen-bond acceptors (Lipinski definition) is 3. The van der Waals surface area contributed by atoms with E-state index in [9.17, 15) is 4.79 Å². The van der Waals surface area contributed by atoms with Gasteiger partial charge in [0.2, 0.25) is 0 Å². The zero-order valence-electron chi connectivity index (χ0n) is 9.90. The number of ketones is 1. The highest BCUT2D eigenvalue weighted by molar-refractivity contribution is 5.82. The van der Waals surface area contributed by atoms with E-state index in [0.29, 0.717) is 24.0 Å². The van der Waals surface area contributed by atoms with Crippen molar-refractivity contribution in [2.45, 2.75) is 51.3 Å². The van der Waals surface area contributed by atoms with E-state index in [0.717, 1.165) is 25.8 Å². The second-order valence-electron chi connectivity index (χ2n) is 4.97. The SMILES string of the molecule is COC1CC(N2CCC(=O)C(C)C2C)C1. The van der Waals surface area contributed by atoms with E-state index in [1.165, 1.54) is 0 Å². The fourth-order valence-corrected chi connectivity index (χ4v) is 2.74. The van der Waals surface area contributed by atoms with Crippen molar-refractivity contribution in [1.82, 2.24) is 4.90 Å². The number of nitrogens with zero attached hydrogens (tertiary/aromatic N) is 1. The summed E-state index contributed by atoms with van der Waals surface area (Å²) < 4.78 is 5.30. The molecule has 1 saturated carbocycles. The van der Waals surface area contributed by atoms with Crippen LogP contribution >= 0.6 is 0 Å². The van der Waals surface area contributed by atoms with Crippen LogP contribution in [0.3, 0.4) is 0 Å². The summed E-state index contributed by atoms with van der Waals surface area (Å²) >= 11 is 0. The van der Waals surface area contributed by atoms with Gasteiger partial charge < -0.3 is 4.74 Å². The normalized spacial score (nSPS) is 42.7. The van der Waals surface area contributed by atoms with Crippen LogP contribution in [0.1, 0.15) is 33.1 Å². The lowest BCUT2D eigenvalue weighted by Crippen LogP contribution is -2.56. The van der Waals surface area contributed by atoms with Crippen molar-refractivity contribution in [3.05, 3.63) is 0 Å². The molecule has 2 aliphatic rings. The van der Waals surface area contributed by atoms with Gasteiger partial charge in [0.15, 0.2) is 0 Å². The summed E-state index contributed by atoms with van der Waals surface area (Å²) in [6.45, 7) is 5.19. The van der Waals surface area contributed by atoms with E-state index >= 15 is 0 Å². The minimum absolute atomic E-state index is 0.209. The molecular formula is C12H21NO2. The third-order valence-electron chi connectivity index (χ3n) is 4.24. The summed E-state index contributed by atoms with van der Waals surface area (Å²) in [5.41, 5.74) is 0. The maximum atomic E-state index is 11.5. The predicted molar refractivity (Wildman–Crippen MR) is 58.8 cm³/mol. The van der Waals surface area contributed by atoms with Gasteiger partial charge in [0.05, 0.1) is 6.10 Å². The van der Waals surface area contributed by atoms with Crippen LogP contribution in [-0.4, -0.2) is 42.5 Å². The van der Waals surface area contributed by atoms with E-state index < -0.39 is 0 Å². The Labute approximate surface area is 91.8 Å². The fraction of sp³-hybridized carbons (Fsp3) is 0.917. The van der Waals surface area contributed by atoms with Crippen molar-refractivity contribution in [1.29, 1.82) is 0 Å². The molecule has 1 saturated heterocycles. The van der Waals surface area contributed by atoms with Crippen molar-refractivity contribution in [3.8, 4) is 0 Å². The molecule has 2 rings (SSSR count). The average Bonchev–Trinajstić information content (AvgIpc) is 2.16. The van der Waals surface area contributed by atoms with Gasteiger partial charge in [-0.05, 0) is 19.8 Å². The summed E-state index contributed by atoms with van der Waals surface area (Å²) in [5.74, 6) is 0.640. The molecule has 2 unspecified atom stereocenters. The first kappa shape index (κ1) is 11.1. The van der Waals surface area contributed by atoms with Gasteiger partial charge in [-0.3, -0.25) is 9.69 Å². The highest BCUT2D eigenvalue weighted by atomic mass is 16.5. The van der Waals surface area contributed by atoms with Crippen molar-refractivity contribution in [2.75, 3.05) is 13.7 Å². The van der Waals surface area contributed by atoms with Crippen LogP contribution in [0.25, 0.3) is 0 Å². The number of ether oxygens (including phenoxy) is 1. The Morgan fingerprint density at radius 3 is 2.60 bits per heavy atom. The van der Waals surface area contributed by atoms with Crippen LogP contribution in [0.15, 0.2) is 0 Å². The van der Waals surface area contributed by atoms with Gasteiger partial charge in [-0.1, -0.05) is 6.92 Å². The summed E-state index contributed by atoms with van der Waals surface area (Å²) in [6.07, 6.45) is 3.47. The Morgan fingerprint density at radius 1 is 1.33 bits per heavy atom. The highest BCUT2D eigenvalue weighted by Crippen LogP contribution is 2.33. The largest absolute Gasteiger partial charge is 0.381 e. The number of carbonyl (C=O) groups is 1. The number of Topliss-reactive ketones (excluding diaryl/α,β-unsaturated/α-hetero) is 1. The van der Waals surface area contributed by atoms with Gasteiger partial charge in [0.1, 0.15) is 5.78 Å². The van der Waals surface area contributed by atoms with Crippen LogP contribution in [0.2, 0.25) is 0 Å². The first-order valence-electron chi connectivity index (χ1n) is 5.94. The first-order chi connectivity index (χ1) is 7.13. The lowest BCUT2D eigenvalue weighted by atomic mass is 9.82. The van der Waals surface area contributed by atoms with Crippen LogP contribution in [0.5, 0.6) is 0 Å². The standard InChI is InChI=1S/C12H21NO2/c1-8-9(2)13(5-4-12(8)14)10-6-11(7-10)15-3/h8-11H,4-7H2,1-3H3. The third-order valence-corrected chi connectivity index (χ3v) is 4.24. The monoisotopic (exact) mass is 211 g/mol. The molecular weight excluding hydrogens is 190 g/mol. The second kappa shape index (κ2) is 4.22. The van der Waals surface area contributed by atoms with Gasteiger partial charge in [-0.25, -0.2) is 0 Å². The molecule has 1 heterocycles. The Kier molecular flexibility index (Phi) is 3.12. The van der Waals surface area contributed by atoms with Gasteiger partial charge in [-0.15, -0.1) is 0 Å². The number of likely N-dealkylation sites (tertiary alicyclic amines) is 1. The van der Waals surface area contributed by atoms with Crippen LogP contribution in [-0.2, 0) is 9.53 Å². The lowest BCUT2D eigenvalue weighted by Gasteiger charge is -2.48. The minimum atomic E-state index is 0.209. The molecule has 15 heavy (non-hydrogen) atoms. The quantitative estimate of drug-likeness (QED) is 0.692. The highest BCUT2D eigenvalue weighted by Gasteiger charge is 2.40. The summed E-state index contributed by atoms with van der Waals surface area (Å²) in [7, 11) is 1.78. The van der Waals surface area contributed by atoms with E-state index in [1.54, 1.807) is 7.11 Å². The zero-order chi connectivity index (χ0) is 11.0. The van der Waals surface area contributed by atoms with Crippen molar-refractivity contribution < 1.29 is 9.53 Å². The van der Waals surface area contributed by atoms with Gasteiger partial charge in [0, 0.05) is 38.1 Å². The van der Waals surface area contributed by atoms with Crippen molar-refractivity contribution in [3.63, 3.8) is 0 Å². The Balaban J connectivity index is 1.91. The minimum Gasteiger partial charge on any atom is -0.381 e. The molecule has 0 aromatic heterocycles. The molecule has 0 aromatic carbocycles. The molecule has 1 aliphatic heterocycles. The van der Waals surface area contributed by atoms with Crippen molar-refractivity contribution in [2.24, 2.45) is 5.92 Å². The van der Waals surface area contributed by atoms with Crippen LogP contribution < -0.4 is 0 Å². The molecule has 2 fully saturated rings. The zero-order valence-corrected chi connectivity index (χ0v) is 9.90. The van der Waals surface area contributed by atoms with E-state index in [1.807, 2.05) is 0 Å². The smallest absolute Gasteiger partial charge is 0.138 e. The molecule has 1 aliphatic carbocycles. The Bertz CT molecular complexity index is 248. The fourth-order valence-electron chi connectivity index (χ4n) is 2.74. The van der Waals surface area contributed by atoms with Crippen molar-refractivity contribution >= 4 is 5.78 Å². The van der Waals surface area contributed by atoms with Gasteiger partial charge in [-0.2, -0.15) is 0 Å². The molecule has 2 atom stereocenters. The molecule has 3 heteroatoms. The summed E-state index contributed by atoms with van der Waals surface area (Å²) in [6, 6.07) is 1.06. The number of piperidine rings is 1. The average molecular weight is 211 g/mol. The van der Waals surface area contributed by atoms with E-state index in [2.05, 4.69) is 18.7 Å². The molecule has 0 aromatic rings.